The minimum atomic E-state index is -0.446. The molecule has 0 bridgehead atoms. The predicted octanol–water partition coefficient (Wildman–Crippen LogP) is 4.98. The van der Waals surface area contributed by atoms with Gasteiger partial charge in [-0.3, -0.25) is 10.1 Å². The average Bonchev–Trinajstić information content (AvgIpc) is 2.65. The highest BCUT2D eigenvalue weighted by Gasteiger charge is 2.16. The number of hydrogen-bond acceptors (Lipinski definition) is 6. The van der Waals surface area contributed by atoms with Crippen LogP contribution in [0.1, 0.15) is 16.7 Å². The summed E-state index contributed by atoms with van der Waals surface area (Å²) in [4.78, 5) is 19.1. The zero-order chi connectivity index (χ0) is 19.4. The van der Waals surface area contributed by atoms with Gasteiger partial charge in [-0.25, -0.2) is 9.97 Å². The van der Waals surface area contributed by atoms with E-state index in [9.17, 15) is 10.1 Å². The van der Waals surface area contributed by atoms with Crippen LogP contribution in [0.2, 0.25) is 5.02 Å². The molecule has 0 aliphatic carbocycles. The summed E-state index contributed by atoms with van der Waals surface area (Å²) in [5.74, 6) is 0.714. The molecule has 27 heavy (non-hydrogen) atoms. The van der Waals surface area contributed by atoms with Gasteiger partial charge in [-0.15, -0.1) is 0 Å². The van der Waals surface area contributed by atoms with Crippen LogP contribution >= 0.6 is 11.6 Å². The molecule has 1 aromatic heterocycles. The Morgan fingerprint density at radius 3 is 2.63 bits per heavy atom. The molecule has 8 heteroatoms. The third-order valence-corrected chi connectivity index (χ3v) is 4.28. The van der Waals surface area contributed by atoms with Crippen LogP contribution in [-0.2, 0) is 6.61 Å². The fourth-order valence-corrected chi connectivity index (χ4v) is 2.68. The van der Waals surface area contributed by atoms with E-state index >= 15 is 0 Å². The number of ether oxygens (including phenoxy) is 1. The van der Waals surface area contributed by atoms with Gasteiger partial charge < -0.3 is 10.1 Å². The number of nitro benzene ring substituents is 1. The molecule has 0 radical (unpaired) electrons. The normalized spacial score (nSPS) is 10.5. The molecule has 0 atom stereocenters. The molecule has 0 aliphatic heterocycles. The van der Waals surface area contributed by atoms with Crippen molar-refractivity contribution in [1.82, 2.24) is 9.97 Å². The lowest BCUT2D eigenvalue weighted by atomic mass is 10.1. The number of nitrogens with one attached hydrogen (secondary N) is 1. The Morgan fingerprint density at radius 1 is 1.19 bits per heavy atom. The number of anilines is 2. The molecule has 0 aliphatic rings. The van der Waals surface area contributed by atoms with E-state index in [1.54, 1.807) is 19.1 Å². The molecule has 0 saturated carbocycles. The first-order valence-electron chi connectivity index (χ1n) is 8.15. The number of halogens is 1. The summed E-state index contributed by atoms with van der Waals surface area (Å²) < 4.78 is 5.67. The maximum Gasteiger partial charge on any atom is 0.293 e. The minimum Gasteiger partial charge on any atom is -0.486 e. The molecule has 1 heterocycles. The summed E-state index contributed by atoms with van der Waals surface area (Å²) in [7, 11) is 0. The molecule has 138 valence electrons. The first-order valence-corrected chi connectivity index (χ1v) is 8.53. The smallest absolute Gasteiger partial charge is 0.293 e. The summed E-state index contributed by atoms with van der Waals surface area (Å²) >= 11 is 6.16. The van der Waals surface area contributed by atoms with E-state index < -0.39 is 4.92 Å². The van der Waals surface area contributed by atoms with Crippen molar-refractivity contribution < 1.29 is 9.66 Å². The van der Waals surface area contributed by atoms with Crippen LogP contribution < -0.4 is 10.1 Å². The topological polar surface area (TPSA) is 90.2 Å². The summed E-state index contributed by atoms with van der Waals surface area (Å²) in [6.07, 6.45) is 3.01. The van der Waals surface area contributed by atoms with Gasteiger partial charge in [0.25, 0.3) is 5.69 Å². The maximum absolute atomic E-state index is 11.2. The Morgan fingerprint density at radius 2 is 1.93 bits per heavy atom. The number of para-hydroxylation sites is 1. The first kappa shape index (κ1) is 18.6. The monoisotopic (exact) mass is 384 g/mol. The van der Waals surface area contributed by atoms with Gasteiger partial charge >= 0.3 is 0 Å². The Bertz CT molecular complexity index is 977. The summed E-state index contributed by atoms with van der Waals surface area (Å²) in [5, 5.41) is 14.7. The molecular weight excluding hydrogens is 368 g/mol. The fraction of sp³-hybridized carbons (Fsp3) is 0.158. The van der Waals surface area contributed by atoms with Crippen LogP contribution in [0.5, 0.6) is 5.75 Å². The van der Waals surface area contributed by atoms with Crippen molar-refractivity contribution in [3.8, 4) is 5.75 Å². The van der Waals surface area contributed by atoms with E-state index in [1.165, 1.54) is 18.5 Å². The van der Waals surface area contributed by atoms with Gasteiger partial charge in [-0.2, -0.15) is 0 Å². The number of aromatic nitrogens is 2. The van der Waals surface area contributed by atoms with Crippen molar-refractivity contribution >= 4 is 28.9 Å². The van der Waals surface area contributed by atoms with Gasteiger partial charge in [0.05, 0.1) is 17.3 Å². The lowest BCUT2D eigenvalue weighted by molar-refractivity contribution is -0.384. The van der Waals surface area contributed by atoms with Crippen LogP contribution in [0.15, 0.2) is 48.8 Å². The first-order chi connectivity index (χ1) is 12.9. The Kier molecular flexibility index (Phi) is 5.52. The summed E-state index contributed by atoms with van der Waals surface area (Å²) in [5.41, 5.74) is 3.01. The second kappa shape index (κ2) is 8.01. The number of benzene rings is 2. The quantitative estimate of drug-likeness (QED) is 0.476. The van der Waals surface area contributed by atoms with Gasteiger partial charge in [0, 0.05) is 16.7 Å². The number of aryl methyl sites for hydroxylation is 2. The van der Waals surface area contributed by atoms with E-state index in [0.717, 1.165) is 16.7 Å². The molecule has 0 saturated heterocycles. The third-order valence-electron chi connectivity index (χ3n) is 3.91. The van der Waals surface area contributed by atoms with Crippen LogP contribution in [0.3, 0.4) is 0 Å². The number of hydrogen-bond donors (Lipinski definition) is 1. The SMILES string of the molecule is Cc1ccc(Cl)c(COc2cnc(Nc3c(C)cccc3[N+](=O)[O-])nc2)c1. The molecule has 3 rings (SSSR count). The van der Waals surface area contributed by atoms with Crippen molar-refractivity contribution in [2.75, 3.05) is 5.32 Å². The second-order valence-electron chi connectivity index (χ2n) is 5.98. The van der Waals surface area contributed by atoms with E-state index in [2.05, 4.69) is 15.3 Å². The highest BCUT2D eigenvalue weighted by Crippen LogP contribution is 2.29. The van der Waals surface area contributed by atoms with Crippen molar-refractivity contribution in [2.45, 2.75) is 20.5 Å². The average molecular weight is 385 g/mol. The molecule has 1 N–H and O–H groups in total. The van der Waals surface area contributed by atoms with E-state index in [1.807, 2.05) is 25.1 Å². The predicted molar refractivity (Wildman–Crippen MR) is 104 cm³/mol. The number of nitrogens with zero attached hydrogens (tertiary/aromatic N) is 3. The zero-order valence-corrected chi connectivity index (χ0v) is 15.5. The van der Waals surface area contributed by atoms with Crippen LogP contribution in [0, 0.1) is 24.0 Å². The molecule has 0 spiro atoms. The van der Waals surface area contributed by atoms with Crippen LogP contribution in [0.25, 0.3) is 0 Å². The Balaban J connectivity index is 1.71. The van der Waals surface area contributed by atoms with E-state index in [-0.39, 0.29) is 11.6 Å². The standard InChI is InChI=1S/C19H17ClN4O3/c1-12-6-7-16(20)14(8-12)11-27-15-9-21-19(22-10-15)23-18-13(2)4-3-5-17(18)24(25)26/h3-10H,11H2,1-2H3,(H,21,22,23). The van der Waals surface area contributed by atoms with Gasteiger partial charge in [-0.05, 0) is 25.5 Å². The van der Waals surface area contributed by atoms with Crippen LogP contribution in [0.4, 0.5) is 17.3 Å². The molecular formula is C19H17ClN4O3. The lowest BCUT2D eigenvalue weighted by Crippen LogP contribution is -2.03. The van der Waals surface area contributed by atoms with E-state index in [4.69, 9.17) is 16.3 Å². The maximum atomic E-state index is 11.2. The Labute approximate surface area is 161 Å². The molecule has 0 unspecified atom stereocenters. The third kappa shape index (κ3) is 4.51. The zero-order valence-electron chi connectivity index (χ0n) is 14.8. The van der Waals surface area contributed by atoms with Crippen LogP contribution in [-0.4, -0.2) is 14.9 Å². The number of rotatable bonds is 6. The molecule has 2 aromatic carbocycles. The van der Waals surface area contributed by atoms with Crippen molar-refractivity contribution in [3.05, 3.63) is 80.6 Å². The largest absolute Gasteiger partial charge is 0.486 e. The van der Waals surface area contributed by atoms with Gasteiger partial charge in [0.2, 0.25) is 5.95 Å². The highest BCUT2D eigenvalue weighted by molar-refractivity contribution is 6.31. The van der Waals surface area contributed by atoms with Gasteiger partial charge in [0.1, 0.15) is 12.3 Å². The summed E-state index contributed by atoms with van der Waals surface area (Å²) in [6, 6.07) is 10.6. The molecule has 0 amide bonds. The summed E-state index contributed by atoms with van der Waals surface area (Å²) in [6.45, 7) is 4.05. The second-order valence-corrected chi connectivity index (χ2v) is 6.38. The van der Waals surface area contributed by atoms with Crippen molar-refractivity contribution in [1.29, 1.82) is 0 Å². The molecule has 0 fully saturated rings. The Hall–Kier alpha value is -3.19. The minimum absolute atomic E-state index is 0.0342. The lowest BCUT2D eigenvalue weighted by Gasteiger charge is -2.10. The highest BCUT2D eigenvalue weighted by atomic mass is 35.5. The number of nitro groups is 1. The molecule has 7 nitrogen and oxygen atoms in total. The van der Waals surface area contributed by atoms with E-state index in [0.29, 0.717) is 23.1 Å². The fourth-order valence-electron chi connectivity index (χ4n) is 2.51. The molecule has 3 aromatic rings. The van der Waals surface area contributed by atoms with Crippen molar-refractivity contribution in [3.63, 3.8) is 0 Å². The van der Waals surface area contributed by atoms with Gasteiger partial charge in [-0.1, -0.05) is 41.4 Å². The van der Waals surface area contributed by atoms with Crippen molar-refractivity contribution in [2.24, 2.45) is 0 Å². The van der Waals surface area contributed by atoms with Gasteiger partial charge in [0.15, 0.2) is 5.75 Å².